The molecule has 0 amide bonds. The van der Waals surface area contributed by atoms with Crippen LogP contribution in [0, 0.1) is 5.92 Å². The van der Waals surface area contributed by atoms with Crippen molar-refractivity contribution >= 4 is 0 Å². The molecule has 2 N–H and O–H groups in total. The highest BCUT2D eigenvalue weighted by molar-refractivity contribution is 4.98. The van der Waals surface area contributed by atoms with E-state index in [2.05, 4.69) is 30.7 Å². The van der Waals surface area contributed by atoms with Crippen LogP contribution in [0.2, 0.25) is 0 Å². The molecule has 2 fully saturated rings. The normalized spacial score (nSPS) is 36.0. The zero-order valence-corrected chi connectivity index (χ0v) is 11.5. The summed E-state index contributed by atoms with van der Waals surface area (Å²) in [6.07, 6.45) is 1.16. The van der Waals surface area contributed by atoms with Crippen LogP contribution in [0.25, 0.3) is 0 Å². The lowest BCUT2D eigenvalue weighted by molar-refractivity contribution is -0.00758. The summed E-state index contributed by atoms with van der Waals surface area (Å²) in [5, 5.41) is 0. The molecule has 0 aromatic carbocycles. The van der Waals surface area contributed by atoms with Gasteiger partial charge in [-0.3, -0.25) is 4.90 Å². The Hall–Kier alpha value is -0.160. The van der Waals surface area contributed by atoms with E-state index in [1.807, 2.05) is 0 Å². The average Bonchev–Trinajstić information content (AvgIpc) is 2.86. The first-order valence-corrected chi connectivity index (χ1v) is 6.81. The fourth-order valence-corrected chi connectivity index (χ4v) is 3.09. The maximum absolute atomic E-state index is 6.09. The topological polar surface area (TPSA) is 41.7 Å². The lowest BCUT2D eigenvalue weighted by atomic mass is 9.82. The maximum atomic E-state index is 6.09. The van der Waals surface area contributed by atoms with Gasteiger partial charge in [-0.15, -0.1) is 0 Å². The summed E-state index contributed by atoms with van der Waals surface area (Å²) in [7, 11) is 2.21. The fraction of sp³-hybridized carbons (Fsp3) is 1.00. The Morgan fingerprint density at radius 1 is 1.41 bits per heavy atom. The third kappa shape index (κ3) is 2.50. The number of ether oxygens (including phenoxy) is 1. The first-order chi connectivity index (χ1) is 8.08. The number of rotatable bonds is 3. The molecule has 0 aromatic rings. The van der Waals surface area contributed by atoms with Crippen molar-refractivity contribution in [1.29, 1.82) is 0 Å². The van der Waals surface area contributed by atoms with Gasteiger partial charge >= 0.3 is 0 Å². The minimum atomic E-state index is 0.117. The van der Waals surface area contributed by atoms with Crippen LogP contribution < -0.4 is 5.73 Å². The maximum Gasteiger partial charge on any atom is 0.0513 e. The van der Waals surface area contributed by atoms with Gasteiger partial charge in [-0.05, 0) is 27.3 Å². The van der Waals surface area contributed by atoms with Gasteiger partial charge in [0.2, 0.25) is 0 Å². The Kier molecular flexibility index (Phi) is 4.08. The second kappa shape index (κ2) is 5.22. The molecule has 0 aromatic heterocycles. The second-order valence-electron chi connectivity index (χ2n) is 5.90. The van der Waals surface area contributed by atoms with Crippen molar-refractivity contribution in [3.8, 4) is 0 Å². The van der Waals surface area contributed by atoms with E-state index in [4.69, 9.17) is 10.5 Å². The van der Waals surface area contributed by atoms with E-state index in [9.17, 15) is 0 Å². The molecule has 0 bridgehead atoms. The summed E-state index contributed by atoms with van der Waals surface area (Å²) >= 11 is 0. The lowest BCUT2D eigenvalue weighted by Crippen LogP contribution is -2.63. The molecule has 0 spiro atoms. The summed E-state index contributed by atoms with van der Waals surface area (Å²) < 4.78 is 5.55. The smallest absolute Gasteiger partial charge is 0.0513 e. The van der Waals surface area contributed by atoms with Crippen LogP contribution in [0.5, 0.6) is 0 Å². The number of piperazine rings is 1. The molecule has 3 unspecified atom stereocenters. The Morgan fingerprint density at radius 3 is 2.71 bits per heavy atom. The number of likely N-dealkylation sites (N-methyl/N-ethyl adjacent to an activating group) is 1. The van der Waals surface area contributed by atoms with Crippen molar-refractivity contribution in [2.24, 2.45) is 11.7 Å². The van der Waals surface area contributed by atoms with Gasteiger partial charge in [-0.25, -0.2) is 0 Å². The van der Waals surface area contributed by atoms with Crippen molar-refractivity contribution < 1.29 is 4.74 Å². The molecule has 3 atom stereocenters. The molecule has 0 aliphatic carbocycles. The monoisotopic (exact) mass is 241 g/mol. The molecule has 2 aliphatic heterocycles. The van der Waals surface area contributed by atoms with Gasteiger partial charge in [0.15, 0.2) is 0 Å². The Morgan fingerprint density at radius 2 is 2.18 bits per heavy atom. The SMILES string of the molecule is CC1CN(C(C)(CN)C2CCOC2)CCN1C. The predicted molar refractivity (Wildman–Crippen MR) is 70.1 cm³/mol. The molecule has 4 nitrogen and oxygen atoms in total. The number of nitrogens with two attached hydrogens (primary N) is 1. The average molecular weight is 241 g/mol. The van der Waals surface area contributed by atoms with Crippen molar-refractivity contribution in [2.75, 3.05) is 46.4 Å². The Bertz CT molecular complexity index is 255. The molecule has 0 saturated carbocycles. The van der Waals surface area contributed by atoms with Crippen molar-refractivity contribution in [3.63, 3.8) is 0 Å². The predicted octanol–water partition coefficient (Wildman–Crippen LogP) is 0.376. The summed E-state index contributed by atoms with van der Waals surface area (Å²) in [5.74, 6) is 0.600. The number of hydrogen-bond donors (Lipinski definition) is 1. The van der Waals surface area contributed by atoms with Gasteiger partial charge in [-0.1, -0.05) is 0 Å². The van der Waals surface area contributed by atoms with E-state index in [0.717, 1.165) is 45.8 Å². The zero-order chi connectivity index (χ0) is 12.5. The zero-order valence-electron chi connectivity index (χ0n) is 11.5. The summed E-state index contributed by atoms with van der Waals surface area (Å²) in [4.78, 5) is 5.02. The van der Waals surface area contributed by atoms with E-state index in [1.54, 1.807) is 0 Å². The lowest BCUT2D eigenvalue weighted by Gasteiger charge is -2.49. The molecule has 0 radical (unpaired) electrons. The van der Waals surface area contributed by atoms with Crippen LogP contribution in [0.3, 0.4) is 0 Å². The summed E-state index contributed by atoms with van der Waals surface area (Å²) in [5.41, 5.74) is 6.20. The van der Waals surface area contributed by atoms with Gasteiger partial charge in [0.1, 0.15) is 0 Å². The summed E-state index contributed by atoms with van der Waals surface area (Å²) in [6.45, 7) is 10.5. The van der Waals surface area contributed by atoms with Crippen LogP contribution >= 0.6 is 0 Å². The molecule has 2 aliphatic rings. The minimum Gasteiger partial charge on any atom is -0.381 e. The third-order valence-corrected chi connectivity index (χ3v) is 4.90. The first kappa shape index (κ1) is 13.3. The van der Waals surface area contributed by atoms with Crippen molar-refractivity contribution in [3.05, 3.63) is 0 Å². The van der Waals surface area contributed by atoms with Crippen LogP contribution in [0.15, 0.2) is 0 Å². The van der Waals surface area contributed by atoms with Crippen molar-refractivity contribution in [1.82, 2.24) is 9.80 Å². The highest BCUT2D eigenvalue weighted by Gasteiger charge is 2.42. The van der Waals surface area contributed by atoms with Gasteiger partial charge in [-0.2, -0.15) is 0 Å². The van der Waals surface area contributed by atoms with Crippen LogP contribution in [-0.4, -0.2) is 67.8 Å². The molecule has 2 rings (SSSR count). The number of hydrogen-bond acceptors (Lipinski definition) is 4. The second-order valence-corrected chi connectivity index (χ2v) is 5.90. The Balaban J connectivity index is 2.06. The van der Waals surface area contributed by atoms with Gasteiger partial charge in [0.25, 0.3) is 0 Å². The largest absolute Gasteiger partial charge is 0.381 e. The van der Waals surface area contributed by atoms with Gasteiger partial charge in [0, 0.05) is 50.3 Å². The standard InChI is InChI=1S/C13H27N3O/c1-11-8-16(6-5-15(11)3)13(2,10-14)12-4-7-17-9-12/h11-12H,4-10,14H2,1-3H3. The fourth-order valence-electron chi connectivity index (χ4n) is 3.09. The molecule has 2 saturated heterocycles. The quantitative estimate of drug-likeness (QED) is 0.775. The molecule has 100 valence electrons. The molecular formula is C13H27N3O. The molecule has 17 heavy (non-hydrogen) atoms. The van der Waals surface area contributed by atoms with Gasteiger partial charge < -0.3 is 15.4 Å². The molecule has 2 heterocycles. The highest BCUT2D eigenvalue weighted by Crippen LogP contribution is 2.32. The third-order valence-electron chi connectivity index (χ3n) is 4.90. The van der Waals surface area contributed by atoms with Crippen LogP contribution in [0.1, 0.15) is 20.3 Å². The van der Waals surface area contributed by atoms with E-state index in [1.165, 1.54) is 0 Å². The first-order valence-electron chi connectivity index (χ1n) is 6.81. The van der Waals surface area contributed by atoms with E-state index in [0.29, 0.717) is 12.0 Å². The van der Waals surface area contributed by atoms with E-state index >= 15 is 0 Å². The summed E-state index contributed by atoms with van der Waals surface area (Å²) in [6, 6.07) is 0.622. The van der Waals surface area contributed by atoms with Crippen LogP contribution in [0.4, 0.5) is 0 Å². The molecule has 4 heteroatoms. The van der Waals surface area contributed by atoms with Crippen molar-refractivity contribution in [2.45, 2.75) is 31.8 Å². The number of nitrogens with zero attached hydrogens (tertiary/aromatic N) is 2. The highest BCUT2D eigenvalue weighted by atomic mass is 16.5. The Labute approximate surface area is 105 Å². The van der Waals surface area contributed by atoms with Gasteiger partial charge in [0.05, 0.1) is 6.61 Å². The van der Waals surface area contributed by atoms with E-state index < -0.39 is 0 Å². The molecular weight excluding hydrogens is 214 g/mol. The van der Waals surface area contributed by atoms with E-state index in [-0.39, 0.29) is 5.54 Å². The minimum absolute atomic E-state index is 0.117. The van der Waals surface area contributed by atoms with Crippen LogP contribution in [-0.2, 0) is 4.74 Å².